The molecule has 0 spiro atoms. The molecule has 0 radical (unpaired) electrons. The monoisotopic (exact) mass is 375 g/mol. The van der Waals surface area contributed by atoms with Crippen LogP contribution in [0.2, 0.25) is 0 Å². The van der Waals surface area contributed by atoms with Gasteiger partial charge < -0.3 is 20.1 Å². The number of carboxylic acids is 1. The molecule has 1 amide bonds. The fraction of sp³-hybridized carbons (Fsp3) is 0.650. The van der Waals surface area contributed by atoms with Crippen molar-refractivity contribution < 1.29 is 19.4 Å². The van der Waals surface area contributed by atoms with E-state index in [4.69, 9.17) is 4.74 Å². The van der Waals surface area contributed by atoms with Crippen LogP contribution in [0, 0.1) is 5.92 Å². The van der Waals surface area contributed by atoms with Crippen LogP contribution in [0.1, 0.15) is 62.9 Å². The number of nitrogens with zero attached hydrogens (tertiary/aromatic N) is 2. The number of carboxylic acid groups (broad SMARTS) is 1. The Labute approximate surface area is 160 Å². The lowest BCUT2D eigenvalue weighted by Crippen LogP contribution is -2.53. The lowest BCUT2D eigenvalue weighted by atomic mass is 9.92. The highest BCUT2D eigenvalue weighted by Crippen LogP contribution is 2.33. The number of hydrogen-bond donors (Lipinski definition) is 2. The average molecular weight is 375 g/mol. The van der Waals surface area contributed by atoms with Crippen molar-refractivity contribution in [1.82, 2.24) is 10.3 Å². The molecule has 7 nitrogen and oxygen atoms in total. The van der Waals surface area contributed by atoms with Crippen molar-refractivity contribution in [3.05, 3.63) is 17.8 Å². The lowest BCUT2D eigenvalue weighted by molar-refractivity contribution is -0.144. The first-order valence-corrected chi connectivity index (χ1v) is 9.93. The second kappa shape index (κ2) is 8.15. The van der Waals surface area contributed by atoms with Crippen molar-refractivity contribution in [2.75, 3.05) is 24.6 Å². The second-order valence-corrected chi connectivity index (χ2v) is 7.52. The summed E-state index contributed by atoms with van der Waals surface area (Å²) in [5.41, 5.74) is -0.169. The zero-order valence-electron chi connectivity index (χ0n) is 16.2. The van der Waals surface area contributed by atoms with E-state index in [2.05, 4.69) is 15.2 Å². The summed E-state index contributed by atoms with van der Waals surface area (Å²) in [5.74, 6) is -0.453. The summed E-state index contributed by atoms with van der Waals surface area (Å²) in [6.45, 7) is 6.04. The molecule has 7 heteroatoms. The van der Waals surface area contributed by atoms with Gasteiger partial charge in [0.15, 0.2) is 0 Å². The Hall–Kier alpha value is -2.31. The van der Waals surface area contributed by atoms with Crippen LogP contribution in [0.25, 0.3) is 0 Å². The predicted molar refractivity (Wildman–Crippen MR) is 102 cm³/mol. The zero-order valence-corrected chi connectivity index (χ0v) is 16.2. The molecule has 1 saturated carbocycles. The molecule has 1 saturated heterocycles. The van der Waals surface area contributed by atoms with Crippen molar-refractivity contribution in [3.8, 4) is 5.88 Å². The highest BCUT2D eigenvalue weighted by molar-refractivity contribution is 5.96. The Morgan fingerprint density at radius 3 is 2.48 bits per heavy atom. The number of amides is 1. The fourth-order valence-electron chi connectivity index (χ4n) is 3.41. The maximum atomic E-state index is 12.7. The number of nitrogens with one attached hydrogen (secondary N) is 1. The third-order valence-electron chi connectivity index (χ3n) is 5.64. The van der Waals surface area contributed by atoms with Gasteiger partial charge in [0.2, 0.25) is 5.88 Å². The molecule has 2 fully saturated rings. The number of carbonyl (C=O) groups is 2. The Bertz CT molecular complexity index is 692. The van der Waals surface area contributed by atoms with Crippen molar-refractivity contribution in [3.63, 3.8) is 0 Å². The van der Waals surface area contributed by atoms with Crippen LogP contribution in [0.4, 0.5) is 5.69 Å². The summed E-state index contributed by atoms with van der Waals surface area (Å²) in [4.78, 5) is 31.1. The largest absolute Gasteiger partial charge is 0.480 e. The fourth-order valence-corrected chi connectivity index (χ4v) is 3.41. The summed E-state index contributed by atoms with van der Waals surface area (Å²) in [5, 5.41) is 12.2. The first-order chi connectivity index (χ1) is 13.0. The number of anilines is 1. The number of carbonyl (C=O) groups excluding carboxylic acids is 1. The average Bonchev–Trinajstić information content (AvgIpc) is 3.35. The molecule has 0 unspecified atom stereocenters. The molecule has 1 aromatic heterocycles. The van der Waals surface area contributed by atoms with Gasteiger partial charge in [0.25, 0.3) is 5.91 Å². The topological polar surface area (TPSA) is 91.8 Å². The normalized spacial score (nSPS) is 17.0. The summed E-state index contributed by atoms with van der Waals surface area (Å²) in [6.07, 6.45) is 5.24. The quantitative estimate of drug-likeness (QED) is 0.690. The maximum absolute atomic E-state index is 12.7. The molecule has 1 aromatic rings. The van der Waals surface area contributed by atoms with E-state index in [0.717, 1.165) is 31.6 Å². The molecule has 0 atom stereocenters. The van der Waals surface area contributed by atoms with Crippen LogP contribution < -0.4 is 15.0 Å². The van der Waals surface area contributed by atoms with Crippen LogP contribution in [0.5, 0.6) is 5.88 Å². The third-order valence-corrected chi connectivity index (χ3v) is 5.64. The molecular formula is C20H29N3O4. The number of aliphatic carboxylic acids is 1. The molecule has 27 heavy (non-hydrogen) atoms. The molecule has 0 aromatic carbocycles. The molecule has 0 bridgehead atoms. The molecular weight excluding hydrogens is 346 g/mol. The van der Waals surface area contributed by atoms with Gasteiger partial charge in [-0.15, -0.1) is 0 Å². The molecule has 2 heterocycles. The SMILES string of the molecule is CCC(CC)(NC(=O)c1ccc(N2CCCC2)c(OCC2CC2)n1)C(=O)O. The number of rotatable bonds is 9. The minimum Gasteiger partial charge on any atom is -0.480 e. The summed E-state index contributed by atoms with van der Waals surface area (Å²) < 4.78 is 5.95. The van der Waals surface area contributed by atoms with Gasteiger partial charge in [0.05, 0.1) is 12.3 Å². The van der Waals surface area contributed by atoms with Crippen LogP contribution in [-0.2, 0) is 4.79 Å². The number of pyridine rings is 1. The van der Waals surface area contributed by atoms with Gasteiger partial charge in [0, 0.05) is 13.1 Å². The van der Waals surface area contributed by atoms with E-state index in [0.29, 0.717) is 31.2 Å². The zero-order chi connectivity index (χ0) is 19.4. The Morgan fingerprint density at radius 2 is 1.93 bits per heavy atom. The molecule has 3 rings (SSSR count). The standard InChI is InChI=1S/C20H29N3O4/c1-3-20(4-2,19(25)26)22-17(24)15-9-10-16(23-11-5-6-12-23)18(21-15)27-13-14-7-8-14/h9-10,14H,3-8,11-13H2,1-2H3,(H,22,24)(H,25,26). The van der Waals surface area contributed by atoms with Crippen molar-refractivity contribution in [2.24, 2.45) is 5.92 Å². The van der Waals surface area contributed by atoms with Gasteiger partial charge in [-0.2, -0.15) is 0 Å². The van der Waals surface area contributed by atoms with Gasteiger partial charge in [-0.05, 0) is 56.6 Å². The van der Waals surface area contributed by atoms with E-state index in [-0.39, 0.29) is 5.69 Å². The Morgan fingerprint density at radius 1 is 1.26 bits per heavy atom. The smallest absolute Gasteiger partial charge is 0.329 e. The molecule has 2 aliphatic rings. The van der Waals surface area contributed by atoms with E-state index in [1.165, 1.54) is 12.8 Å². The lowest BCUT2D eigenvalue weighted by Gasteiger charge is -2.28. The first kappa shape index (κ1) is 19.5. The van der Waals surface area contributed by atoms with Crippen LogP contribution in [-0.4, -0.2) is 47.2 Å². The van der Waals surface area contributed by atoms with E-state index in [9.17, 15) is 14.7 Å². The van der Waals surface area contributed by atoms with Gasteiger partial charge in [-0.3, -0.25) is 4.79 Å². The molecule has 2 N–H and O–H groups in total. The van der Waals surface area contributed by atoms with Crippen molar-refractivity contribution >= 4 is 17.6 Å². The Kier molecular flexibility index (Phi) is 5.87. The summed E-state index contributed by atoms with van der Waals surface area (Å²) in [7, 11) is 0. The van der Waals surface area contributed by atoms with Crippen molar-refractivity contribution in [2.45, 2.75) is 57.9 Å². The van der Waals surface area contributed by atoms with Crippen molar-refractivity contribution in [1.29, 1.82) is 0 Å². The van der Waals surface area contributed by atoms with Gasteiger partial charge in [-0.1, -0.05) is 13.8 Å². The van der Waals surface area contributed by atoms with Gasteiger partial charge in [0.1, 0.15) is 11.2 Å². The number of ether oxygens (including phenoxy) is 1. The van der Waals surface area contributed by atoms with Crippen LogP contribution >= 0.6 is 0 Å². The predicted octanol–water partition coefficient (Wildman–Crippen LogP) is 2.84. The summed E-state index contributed by atoms with van der Waals surface area (Å²) >= 11 is 0. The first-order valence-electron chi connectivity index (χ1n) is 9.93. The van der Waals surface area contributed by atoms with Crippen LogP contribution in [0.15, 0.2) is 12.1 Å². The number of hydrogen-bond acceptors (Lipinski definition) is 5. The minimum atomic E-state index is -1.28. The van der Waals surface area contributed by atoms with E-state index in [1.54, 1.807) is 19.9 Å². The number of aromatic nitrogens is 1. The molecule has 1 aliphatic carbocycles. The van der Waals surface area contributed by atoms with Gasteiger partial charge >= 0.3 is 5.97 Å². The minimum absolute atomic E-state index is 0.191. The van der Waals surface area contributed by atoms with Gasteiger partial charge in [-0.25, -0.2) is 9.78 Å². The van der Waals surface area contributed by atoms with E-state index in [1.807, 2.05) is 6.07 Å². The highest BCUT2D eigenvalue weighted by Gasteiger charge is 2.37. The molecule has 1 aliphatic heterocycles. The maximum Gasteiger partial charge on any atom is 0.329 e. The van der Waals surface area contributed by atoms with E-state index < -0.39 is 17.4 Å². The van der Waals surface area contributed by atoms with E-state index >= 15 is 0 Å². The van der Waals surface area contributed by atoms with Crippen LogP contribution in [0.3, 0.4) is 0 Å². The highest BCUT2D eigenvalue weighted by atomic mass is 16.5. The Balaban J connectivity index is 1.82. The third kappa shape index (κ3) is 4.34. The summed E-state index contributed by atoms with van der Waals surface area (Å²) in [6, 6.07) is 3.53. The second-order valence-electron chi connectivity index (χ2n) is 7.52. The molecule has 148 valence electrons.